The fourth-order valence-corrected chi connectivity index (χ4v) is 3.27. The van der Waals surface area contributed by atoms with E-state index in [2.05, 4.69) is 10.0 Å². The highest BCUT2D eigenvalue weighted by atomic mass is 32.2. The van der Waals surface area contributed by atoms with Crippen molar-refractivity contribution in [3.8, 4) is 0 Å². The lowest BCUT2D eigenvalue weighted by Crippen LogP contribution is -2.44. The summed E-state index contributed by atoms with van der Waals surface area (Å²) in [5, 5.41) is 3.17. The van der Waals surface area contributed by atoms with Crippen LogP contribution in [-0.4, -0.2) is 57.2 Å². The van der Waals surface area contributed by atoms with Crippen LogP contribution in [0.3, 0.4) is 0 Å². The molecule has 2 saturated heterocycles. The normalized spacial score (nSPS) is 29.8. The number of amides is 1. The molecule has 2 aliphatic heterocycles. The van der Waals surface area contributed by atoms with E-state index in [1.807, 2.05) is 0 Å². The second-order valence-electron chi connectivity index (χ2n) is 4.81. The molecule has 6 nitrogen and oxygen atoms in total. The highest BCUT2D eigenvalue weighted by Gasteiger charge is 2.32. The molecule has 0 aromatic heterocycles. The Morgan fingerprint density at radius 3 is 2.76 bits per heavy atom. The van der Waals surface area contributed by atoms with E-state index in [1.54, 1.807) is 4.90 Å². The van der Waals surface area contributed by atoms with Crippen molar-refractivity contribution in [2.24, 2.45) is 0 Å². The fourth-order valence-electron chi connectivity index (χ4n) is 2.48. The van der Waals surface area contributed by atoms with Gasteiger partial charge < -0.3 is 10.2 Å². The van der Waals surface area contributed by atoms with Crippen molar-refractivity contribution in [2.45, 2.75) is 31.3 Å². The first kappa shape index (κ1) is 12.8. The average Bonchev–Trinajstić information content (AvgIpc) is 2.83. The van der Waals surface area contributed by atoms with E-state index in [4.69, 9.17) is 0 Å². The van der Waals surface area contributed by atoms with E-state index in [1.165, 1.54) is 0 Å². The Morgan fingerprint density at radius 1 is 1.41 bits per heavy atom. The SMILES string of the molecule is CS(=O)(=O)NC1CCN(C(=O)C2CCCN2)C1. The van der Waals surface area contributed by atoms with E-state index in [9.17, 15) is 13.2 Å². The molecule has 0 spiro atoms. The molecule has 0 aromatic rings. The summed E-state index contributed by atoms with van der Waals surface area (Å²) in [6.45, 7) is 2.03. The summed E-state index contributed by atoms with van der Waals surface area (Å²) in [6.07, 6.45) is 3.77. The average molecular weight is 261 g/mol. The molecule has 0 bridgehead atoms. The van der Waals surface area contributed by atoms with Crippen molar-refractivity contribution >= 4 is 15.9 Å². The third kappa shape index (κ3) is 3.40. The summed E-state index contributed by atoms with van der Waals surface area (Å²) >= 11 is 0. The second-order valence-corrected chi connectivity index (χ2v) is 6.59. The van der Waals surface area contributed by atoms with Gasteiger partial charge in [-0.2, -0.15) is 0 Å². The van der Waals surface area contributed by atoms with Crippen LogP contribution in [0.2, 0.25) is 0 Å². The Balaban J connectivity index is 1.87. The number of carbonyl (C=O) groups is 1. The van der Waals surface area contributed by atoms with Gasteiger partial charge in [-0.25, -0.2) is 13.1 Å². The van der Waals surface area contributed by atoms with E-state index >= 15 is 0 Å². The molecule has 98 valence electrons. The van der Waals surface area contributed by atoms with E-state index in [0.29, 0.717) is 19.5 Å². The molecule has 2 rings (SSSR count). The minimum atomic E-state index is -3.18. The molecular formula is C10H19N3O3S. The van der Waals surface area contributed by atoms with Crippen LogP contribution in [0.25, 0.3) is 0 Å². The first-order chi connectivity index (χ1) is 7.96. The fraction of sp³-hybridized carbons (Fsp3) is 0.900. The summed E-state index contributed by atoms with van der Waals surface area (Å²) in [5.74, 6) is 0.111. The Labute approximate surface area is 102 Å². The molecule has 2 N–H and O–H groups in total. The topological polar surface area (TPSA) is 78.5 Å². The number of hydrogen-bond acceptors (Lipinski definition) is 4. The second kappa shape index (κ2) is 4.91. The van der Waals surface area contributed by atoms with Crippen LogP contribution in [0.4, 0.5) is 0 Å². The van der Waals surface area contributed by atoms with Gasteiger partial charge in [-0.05, 0) is 25.8 Å². The summed E-state index contributed by atoms with van der Waals surface area (Å²) in [7, 11) is -3.18. The minimum absolute atomic E-state index is 0.0630. The van der Waals surface area contributed by atoms with Crippen LogP contribution >= 0.6 is 0 Å². The number of sulfonamides is 1. The standard InChI is InChI=1S/C10H19N3O3S/c1-17(15,16)12-8-4-6-13(7-8)10(14)9-3-2-5-11-9/h8-9,11-12H,2-7H2,1H3. The van der Waals surface area contributed by atoms with Gasteiger partial charge in [-0.15, -0.1) is 0 Å². The number of likely N-dealkylation sites (tertiary alicyclic amines) is 1. The maximum Gasteiger partial charge on any atom is 0.239 e. The monoisotopic (exact) mass is 261 g/mol. The molecule has 0 radical (unpaired) electrons. The number of hydrogen-bond donors (Lipinski definition) is 2. The van der Waals surface area contributed by atoms with Gasteiger partial charge in [0.05, 0.1) is 12.3 Å². The van der Waals surface area contributed by atoms with Crippen LogP contribution in [0.15, 0.2) is 0 Å². The Hall–Kier alpha value is -0.660. The molecule has 17 heavy (non-hydrogen) atoms. The van der Waals surface area contributed by atoms with Crippen molar-refractivity contribution in [1.29, 1.82) is 0 Å². The first-order valence-corrected chi connectivity index (χ1v) is 7.84. The highest BCUT2D eigenvalue weighted by Crippen LogP contribution is 2.15. The Bertz CT molecular complexity index is 390. The van der Waals surface area contributed by atoms with Gasteiger partial charge in [0.1, 0.15) is 0 Å². The number of nitrogens with zero attached hydrogens (tertiary/aromatic N) is 1. The lowest BCUT2D eigenvalue weighted by Gasteiger charge is -2.20. The Kier molecular flexibility index (Phi) is 3.70. The molecule has 2 atom stereocenters. The minimum Gasteiger partial charge on any atom is -0.340 e. The predicted molar refractivity (Wildman–Crippen MR) is 64.0 cm³/mol. The summed E-state index contributed by atoms with van der Waals surface area (Å²) in [4.78, 5) is 13.8. The van der Waals surface area contributed by atoms with Gasteiger partial charge in [-0.1, -0.05) is 0 Å². The van der Waals surface area contributed by atoms with E-state index in [0.717, 1.165) is 25.6 Å². The maximum atomic E-state index is 12.0. The van der Waals surface area contributed by atoms with Crippen molar-refractivity contribution in [3.63, 3.8) is 0 Å². The highest BCUT2D eigenvalue weighted by molar-refractivity contribution is 7.88. The number of rotatable bonds is 3. The van der Waals surface area contributed by atoms with Crippen molar-refractivity contribution < 1.29 is 13.2 Å². The molecule has 1 amide bonds. The quantitative estimate of drug-likeness (QED) is 0.675. The largest absolute Gasteiger partial charge is 0.340 e. The van der Waals surface area contributed by atoms with Gasteiger partial charge in [0.2, 0.25) is 15.9 Å². The smallest absolute Gasteiger partial charge is 0.239 e. The third-order valence-corrected chi connectivity index (χ3v) is 4.00. The molecule has 7 heteroatoms. The maximum absolute atomic E-state index is 12.0. The molecule has 2 fully saturated rings. The summed E-state index contributed by atoms with van der Waals surface area (Å²) in [6, 6.07) is -0.192. The lowest BCUT2D eigenvalue weighted by molar-refractivity contribution is -0.132. The molecule has 0 aliphatic carbocycles. The first-order valence-electron chi connectivity index (χ1n) is 5.95. The predicted octanol–water partition coefficient (Wildman–Crippen LogP) is -1.11. The van der Waals surface area contributed by atoms with E-state index in [-0.39, 0.29) is 18.0 Å². The summed E-state index contributed by atoms with van der Waals surface area (Å²) in [5.41, 5.74) is 0. The van der Waals surface area contributed by atoms with Crippen molar-refractivity contribution in [1.82, 2.24) is 14.9 Å². The molecule has 0 saturated carbocycles. The van der Waals surface area contributed by atoms with Crippen LogP contribution in [0, 0.1) is 0 Å². The third-order valence-electron chi connectivity index (χ3n) is 3.24. The van der Waals surface area contributed by atoms with Gasteiger partial charge in [0.25, 0.3) is 0 Å². The van der Waals surface area contributed by atoms with Crippen LogP contribution in [0.1, 0.15) is 19.3 Å². The molecule has 2 unspecified atom stereocenters. The van der Waals surface area contributed by atoms with Crippen molar-refractivity contribution in [3.05, 3.63) is 0 Å². The van der Waals surface area contributed by atoms with Crippen LogP contribution in [-0.2, 0) is 14.8 Å². The van der Waals surface area contributed by atoms with Crippen LogP contribution < -0.4 is 10.0 Å². The van der Waals surface area contributed by atoms with Crippen LogP contribution in [0.5, 0.6) is 0 Å². The Morgan fingerprint density at radius 2 is 2.18 bits per heavy atom. The molecular weight excluding hydrogens is 242 g/mol. The molecule has 0 aromatic carbocycles. The van der Waals surface area contributed by atoms with Gasteiger partial charge in [0.15, 0.2) is 0 Å². The van der Waals surface area contributed by atoms with Gasteiger partial charge >= 0.3 is 0 Å². The van der Waals surface area contributed by atoms with Gasteiger partial charge in [-0.3, -0.25) is 4.79 Å². The number of carbonyl (C=O) groups excluding carboxylic acids is 1. The summed E-state index contributed by atoms with van der Waals surface area (Å²) < 4.78 is 24.7. The van der Waals surface area contributed by atoms with E-state index < -0.39 is 10.0 Å². The zero-order valence-electron chi connectivity index (χ0n) is 9.98. The van der Waals surface area contributed by atoms with Crippen molar-refractivity contribution in [2.75, 3.05) is 25.9 Å². The zero-order valence-corrected chi connectivity index (χ0v) is 10.8. The molecule has 2 aliphatic rings. The number of nitrogens with one attached hydrogen (secondary N) is 2. The zero-order chi connectivity index (χ0) is 12.5. The van der Waals surface area contributed by atoms with Gasteiger partial charge in [0, 0.05) is 19.1 Å². The molecule has 2 heterocycles. The lowest BCUT2D eigenvalue weighted by atomic mass is 10.2.